The van der Waals surface area contributed by atoms with Gasteiger partial charge in [-0.2, -0.15) is 0 Å². The van der Waals surface area contributed by atoms with Gasteiger partial charge in [0.2, 0.25) is 5.60 Å². The topological polar surface area (TPSA) is 81.6 Å². The van der Waals surface area contributed by atoms with Crippen LogP contribution < -0.4 is 10.1 Å². The Kier molecular flexibility index (Phi) is 6.79. The van der Waals surface area contributed by atoms with Gasteiger partial charge in [0, 0.05) is 56.8 Å². The molecule has 4 rings (SSSR count). The van der Waals surface area contributed by atoms with E-state index in [0.29, 0.717) is 13.0 Å². The first-order valence-corrected chi connectivity index (χ1v) is 11.1. The van der Waals surface area contributed by atoms with E-state index in [9.17, 15) is 4.79 Å². The summed E-state index contributed by atoms with van der Waals surface area (Å²) >= 11 is 0. The van der Waals surface area contributed by atoms with Crippen molar-refractivity contribution in [2.45, 2.75) is 31.8 Å². The van der Waals surface area contributed by atoms with Crippen molar-refractivity contribution in [2.75, 3.05) is 59.7 Å². The fourth-order valence-corrected chi connectivity index (χ4v) is 4.57. The van der Waals surface area contributed by atoms with Crippen LogP contribution in [0.3, 0.4) is 0 Å². The predicted octanol–water partition coefficient (Wildman–Crippen LogP) is 1.82. The summed E-state index contributed by atoms with van der Waals surface area (Å²) in [5.74, 6) is 0.593. The quantitative estimate of drug-likeness (QED) is 0.709. The number of rotatable bonds is 7. The first-order chi connectivity index (χ1) is 15.0. The molecule has 0 aromatic heterocycles. The van der Waals surface area contributed by atoms with Crippen LogP contribution in [0, 0.1) is 5.41 Å². The van der Waals surface area contributed by atoms with E-state index >= 15 is 0 Å². The maximum Gasteiger partial charge on any atom is 0.267 e. The number of ether oxygens (including phenoxy) is 3. The molecule has 3 aliphatic heterocycles. The number of benzene rings is 1. The van der Waals surface area contributed by atoms with Crippen molar-refractivity contribution in [3.8, 4) is 5.75 Å². The molecular formula is C23H33N3O5. The third kappa shape index (κ3) is 5.02. The number of methoxy groups -OCH3 is 1. The fraction of sp³-hybridized carbons (Fsp3) is 0.652. The van der Waals surface area contributed by atoms with Crippen LogP contribution in [0.1, 0.15) is 31.7 Å². The zero-order chi connectivity index (χ0) is 21.7. The minimum absolute atomic E-state index is 0.00650. The third-order valence-corrected chi connectivity index (χ3v) is 6.60. The predicted molar refractivity (Wildman–Crippen MR) is 116 cm³/mol. The number of carbonyl (C=O) groups is 1. The molecule has 2 fully saturated rings. The van der Waals surface area contributed by atoms with Gasteiger partial charge in [-0.3, -0.25) is 9.69 Å². The Bertz CT molecular complexity index is 802. The van der Waals surface area contributed by atoms with Gasteiger partial charge in [0.25, 0.3) is 5.91 Å². The van der Waals surface area contributed by atoms with Gasteiger partial charge in [-0.05, 0) is 31.9 Å². The van der Waals surface area contributed by atoms with E-state index in [4.69, 9.17) is 19.0 Å². The summed E-state index contributed by atoms with van der Waals surface area (Å²) in [7, 11) is 1.63. The van der Waals surface area contributed by atoms with Gasteiger partial charge in [0.15, 0.2) is 0 Å². The van der Waals surface area contributed by atoms with Crippen LogP contribution in [0.5, 0.6) is 5.75 Å². The van der Waals surface area contributed by atoms with Crippen LogP contribution in [0.15, 0.2) is 29.4 Å². The highest BCUT2D eigenvalue weighted by Gasteiger charge is 2.44. The Morgan fingerprint density at radius 3 is 2.61 bits per heavy atom. The largest absolute Gasteiger partial charge is 0.496 e. The van der Waals surface area contributed by atoms with E-state index in [2.05, 4.69) is 15.4 Å². The van der Waals surface area contributed by atoms with E-state index in [0.717, 1.165) is 75.9 Å². The lowest BCUT2D eigenvalue weighted by Gasteiger charge is -2.42. The summed E-state index contributed by atoms with van der Waals surface area (Å²) in [6, 6.07) is 7.65. The third-order valence-electron chi connectivity index (χ3n) is 6.60. The molecule has 0 saturated carbocycles. The molecular weight excluding hydrogens is 398 g/mol. The van der Waals surface area contributed by atoms with Crippen molar-refractivity contribution in [2.24, 2.45) is 10.6 Å². The lowest BCUT2D eigenvalue weighted by molar-refractivity contribution is -0.142. The summed E-state index contributed by atoms with van der Waals surface area (Å²) < 4.78 is 16.5. The lowest BCUT2D eigenvalue weighted by Crippen LogP contribution is -2.53. The van der Waals surface area contributed by atoms with Crippen molar-refractivity contribution in [1.29, 1.82) is 0 Å². The zero-order valence-electron chi connectivity index (χ0n) is 18.5. The molecule has 1 amide bonds. The molecule has 170 valence electrons. The Hall–Kier alpha value is -2.16. The van der Waals surface area contributed by atoms with Crippen molar-refractivity contribution < 1.29 is 23.8 Å². The molecule has 2 saturated heterocycles. The summed E-state index contributed by atoms with van der Waals surface area (Å²) in [5.41, 5.74) is 0.563. The maximum absolute atomic E-state index is 13.2. The van der Waals surface area contributed by atoms with Crippen molar-refractivity contribution in [3.05, 3.63) is 29.8 Å². The molecule has 1 unspecified atom stereocenters. The number of carbonyl (C=O) groups excluding carboxylic acids is 1. The molecule has 0 bridgehead atoms. The van der Waals surface area contributed by atoms with E-state index in [1.54, 1.807) is 14.0 Å². The molecule has 0 aliphatic carbocycles. The molecule has 1 atom stereocenters. The van der Waals surface area contributed by atoms with Crippen molar-refractivity contribution in [1.82, 2.24) is 10.2 Å². The number of nitrogens with zero attached hydrogens (tertiary/aromatic N) is 2. The van der Waals surface area contributed by atoms with Gasteiger partial charge in [-0.1, -0.05) is 17.3 Å². The minimum Gasteiger partial charge on any atom is -0.496 e. The van der Waals surface area contributed by atoms with Crippen LogP contribution in [0.2, 0.25) is 0 Å². The smallest absolute Gasteiger partial charge is 0.267 e. The van der Waals surface area contributed by atoms with Crippen LogP contribution in [-0.4, -0.2) is 81.8 Å². The molecule has 1 aromatic carbocycles. The second-order valence-corrected chi connectivity index (χ2v) is 8.92. The Labute approximate surface area is 183 Å². The molecule has 8 nitrogen and oxygen atoms in total. The molecule has 1 aromatic rings. The molecule has 31 heavy (non-hydrogen) atoms. The number of morpholine rings is 1. The second-order valence-electron chi connectivity index (χ2n) is 8.92. The average molecular weight is 432 g/mol. The molecule has 3 aliphatic rings. The Morgan fingerprint density at radius 2 is 1.87 bits per heavy atom. The second kappa shape index (κ2) is 9.54. The first kappa shape index (κ1) is 22.0. The number of oxime groups is 1. The standard InChI is InChI=1S/C23H33N3O5/c1-22(15-19(25-31-22)18-5-3-4-6-20(18)28-2)21(27)24-16-23(7-11-29-12-8-23)17-26-9-13-30-14-10-26/h3-6H,7-17H2,1-2H3,(H,24,27). The molecule has 0 spiro atoms. The van der Waals surface area contributed by atoms with Crippen molar-refractivity contribution in [3.63, 3.8) is 0 Å². The van der Waals surface area contributed by atoms with E-state index in [1.165, 1.54) is 0 Å². The summed E-state index contributed by atoms with van der Waals surface area (Å²) in [5, 5.41) is 7.41. The highest BCUT2D eigenvalue weighted by molar-refractivity contribution is 6.07. The summed E-state index contributed by atoms with van der Waals surface area (Å²) in [6.45, 7) is 8.23. The van der Waals surface area contributed by atoms with E-state index < -0.39 is 5.60 Å². The average Bonchev–Trinajstić information content (AvgIpc) is 3.22. The SMILES string of the molecule is COc1ccccc1C1=NOC(C)(C(=O)NCC2(CN3CCOCC3)CCOCC2)C1. The monoisotopic (exact) mass is 431 g/mol. The Balaban J connectivity index is 1.38. The van der Waals surface area contributed by atoms with Crippen LogP contribution >= 0.6 is 0 Å². The first-order valence-electron chi connectivity index (χ1n) is 11.1. The number of nitrogens with one attached hydrogen (secondary N) is 1. The van der Waals surface area contributed by atoms with Gasteiger partial charge < -0.3 is 24.4 Å². The number of para-hydroxylation sites is 1. The zero-order valence-corrected chi connectivity index (χ0v) is 18.5. The number of hydrogen-bond donors (Lipinski definition) is 1. The van der Waals surface area contributed by atoms with Gasteiger partial charge in [0.05, 0.1) is 26.0 Å². The number of hydrogen-bond acceptors (Lipinski definition) is 7. The lowest BCUT2D eigenvalue weighted by atomic mass is 9.79. The van der Waals surface area contributed by atoms with Gasteiger partial charge in [-0.25, -0.2) is 0 Å². The van der Waals surface area contributed by atoms with Gasteiger partial charge in [0.1, 0.15) is 5.75 Å². The van der Waals surface area contributed by atoms with Gasteiger partial charge >= 0.3 is 0 Å². The number of amides is 1. The minimum atomic E-state index is -1.03. The van der Waals surface area contributed by atoms with Crippen LogP contribution in [-0.2, 0) is 19.1 Å². The van der Waals surface area contributed by atoms with E-state index in [-0.39, 0.29) is 11.3 Å². The van der Waals surface area contributed by atoms with Crippen LogP contribution in [0.4, 0.5) is 0 Å². The highest BCUT2D eigenvalue weighted by atomic mass is 16.7. The molecule has 8 heteroatoms. The maximum atomic E-state index is 13.2. The highest BCUT2D eigenvalue weighted by Crippen LogP contribution is 2.33. The summed E-state index contributed by atoms with van der Waals surface area (Å²) in [4.78, 5) is 21.3. The molecule has 3 heterocycles. The fourth-order valence-electron chi connectivity index (χ4n) is 4.57. The van der Waals surface area contributed by atoms with Gasteiger partial charge in [-0.15, -0.1) is 0 Å². The summed E-state index contributed by atoms with van der Waals surface area (Å²) in [6.07, 6.45) is 2.27. The van der Waals surface area contributed by atoms with E-state index in [1.807, 2.05) is 24.3 Å². The normalized spacial score (nSPS) is 26.1. The molecule has 0 radical (unpaired) electrons. The van der Waals surface area contributed by atoms with Crippen LogP contribution in [0.25, 0.3) is 0 Å². The molecule has 1 N–H and O–H groups in total. The van der Waals surface area contributed by atoms with Crippen molar-refractivity contribution >= 4 is 11.6 Å². The Morgan fingerprint density at radius 1 is 1.16 bits per heavy atom.